The van der Waals surface area contributed by atoms with Crippen molar-refractivity contribution in [1.29, 1.82) is 0 Å². The van der Waals surface area contributed by atoms with E-state index in [4.69, 9.17) is 0 Å². The standard InChI is InChI=1S/C4H10N2O4S2/c1-3(11(5,7)8)4(2)12(6,9)10/h1-2H3,(H2,5,7,8)(H2,6,9,10). The van der Waals surface area contributed by atoms with Crippen LogP contribution < -0.4 is 10.3 Å². The lowest BCUT2D eigenvalue weighted by atomic mass is 10.6. The van der Waals surface area contributed by atoms with E-state index >= 15 is 0 Å². The van der Waals surface area contributed by atoms with Gasteiger partial charge in [-0.25, -0.2) is 27.1 Å². The summed E-state index contributed by atoms with van der Waals surface area (Å²) in [6, 6.07) is 0. The molecule has 0 spiro atoms. The van der Waals surface area contributed by atoms with E-state index in [0.29, 0.717) is 0 Å². The smallest absolute Gasteiger partial charge is 0.225 e. The molecule has 0 atom stereocenters. The van der Waals surface area contributed by atoms with Crippen LogP contribution in [0.4, 0.5) is 0 Å². The molecule has 0 aromatic carbocycles. The normalized spacial score (nSPS) is 15.7. The van der Waals surface area contributed by atoms with Gasteiger partial charge < -0.3 is 0 Å². The van der Waals surface area contributed by atoms with Gasteiger partial charge in [0.25, 0.3) is 0 Å². The molecule has 0 unspecified atom stereocenters. The van der Waals surface area contributed by atoms with Crippen LogP contribution >= 0.6 is 0 Å². The molecule has 6 nitrogen and oxygen atoms in total. The summed E-state index contributed by atoms with van der Waals surface area (Å²) in [5, 5.41) is 9.34. The zero-order valence-corrected chi connectivity index (χ0v) is 8.24. The quantitative estimate of drug-likeness (QED) is 0.600. The average Bonchev–Trinajstić information content (AvgIpc) is 1.80. The number of allylic oxidation sites excluding steroid dienone is 2. The van der Waals surface area contributed by atoms with E-state index in [1.165, 1.54) is 0 Å². The van der Waals surface area contributed by atoms with Crippen LogP contribution in [0.25, 0.3) is 0 Å². The molecule has 0 heterocycles. The molecule has 0 aliphatic rings. The molecule has 0 aliphatic heterocycles. The maximum atomic E-state index is 10.6. The van der Waals surface area contributed by atoms with Crippen LogP contribution in [-0.4, -0.2) is 16.8 Å². The van der Waals surface area contributed by atoms with Crippen molar-refractivity contribution in [2.45, 2.75) is 13.8 Å². The van der Waals surface area contributed by atoms with Gasteiger partial charge >= 0.3 is 0 Å². The maximum absolute atomic E-state index is 10.6. The summed E-state index contributed by atoms with van der Waals surface area (Å²) in [4.78, 5) is -0.880. The lowest BCUT2D eigenvalue weighted by Gasteiger charge is -2.01. The first-order valence-electron chi connectivity index (χ1n) is 2.80. The third-order valence-corrected chi connectivity index (χ3v) is 3.80. The Morgan fingerprint density at radius 2 is 1.00 bits per heavy atom. The van der Waals surface area contributed by atoms with E-state index in [-0.39, 0.29) is 0 Å². The van der Waals surface area contributed by atoms with Gasteiger partial charge in [0, 0.05) is 0 Å². The van der Waals surface area contributed by atoms with Gasteiger partial charge in [-0.1, -0.05) is 0 Å². The Bertz CT molecular complexity index is 362. The van der Waals surface area contributed by atoms with Crippen LogP contribution in [0.1, 0.15) is 13.8 Å². The maximum Gasteiger partial charge on any atom is 0.234 e. The summed E-state index contributed by atoms with van der Waals surface area (Å²) in [7, 11) is -7.93. The highest BCUT2D eigenvalue weighted by atomic mass is 32.2. The number of rotatable bonds is 2. The fraction of sp³-hybridized carbons (Fsp3) is 0.500. The molecule has 8 heteroatoms. The summed E-state index contributed by atoms with van der Waals surface area (Å²) in [5.74, 6) is 0. The molecule has 0 saturated heterocycles. The molecule has 72 valence electrons. The molecule has 0 aromatic heterocycles. The molecule has 0 amide bonds. The molecule has 0 bridgehead atoms. The largest absolute Gasteiger partial charge is 0.234 e. The zero-order valence-electron chi connectivity index (χ0n) is 6.60. The first kappa shape index (κ1) is 11.6. The van der Waals surface area contributed by atoms with Crippen molar-refractivity contribution in [2.24, 2.45) is 10.3 Å². The van der Waals surface area contributed by atoms with E-state index in [9.17, 15) is 16.8 Å². The number of primary sulfonamides is 2. The molecule has 0 saturated carbocycles. The summed E-state index contributed by atoms with van der Waals surface area (Å²) in [6.45, 7) is 2.16. The van der Waals surface area contributed by atoms with Crippen molar-refractivity contribution in [1.82, 2.24) is 0 Å². The van der Waals surface area contributed by atoms with Gasteiger partial charge in [0.05, 0.1) is 9.81 Å². The summed E-state index contributed by atoms with van der Waals surface area (Å²) in [5.41, 5.74) is 0. The van der Waals surface area contributed by atoms with Gasteiger partial charge in [0.15, 0.2) is 0 Å². The van der Waals surface area contributed by atoms with Gasteiger partial charge in [-0.15, -0.1) is 0 Å². The number of nitrogens with two attached hydrogens (primary N) is 2. The van der Waals surface area contributed by atoms with Crippen LogP contribution in [0.2, 0.25) is 0 Å². The Hall–Kier alpha value is -0.440. The monoisotopic (exact) mass is 214 g/mol. The second-order valence-electron chi connectivity index (χ2n) is 2.20. The minimum absolute atomic E-state index is 0.440. The fourth-order valence-corrected chi connectivity index (χ4v) is 1.90. The Morgan fingerprint density at radius 1 is 0.833 bits per heavy atom. The highest BCUT2D eigenvalue weighted by Gasteiger charge is 2.17. The average molecular weight is 214 g/mol. The molecule has 0 aromatic rings. The lowest BCUT2D eigenvalue weighted by molar-refractivity contribution is 0.598. The first-order valence-corrected chi connectivity index (χ1v) is 5.89. The van der Waals surface area contributed by atoms with Gasteiger partial charge in [-0.2, -0.15) is 0 Å². The Balaban J connectivity index is 5.58. The number of sulfonamides is 2. The fourth-order valence-electron chi connectivity index (χ4n) is 0.401. The van der Waals surface area contributed by atoms with E-state index in [1.807, 2.05) is 0 Å². The van der Waals surface area contributed by atoms with Crippen LogP contribution in [0.15, 0.2) is 9.81 Å². The lowest BCUT2D eigenvalue weighted by Crippen LogP contribution is -2.20. The van der Waals surface area contributed by atoms with Crippen LogP contribution in [0.5, 0.6) is 0 Å². The topological polar surface area (TPSA) is 120 Å². The Labute approximate surface area is 71.3 Å². The van der Waals surface area contributed by atoms with Gasteiger partial charge in [-0.05, 0) is 13.8 Å². The van der Waals surface area contributed by atoms with Crippen molar-refractivity contribution in [3.8, 4) is 0 Å². The van der Waals surface area contributed by atoms with Crippen LogP contribution in [0, 0.1) is 0 Å². The number of hydrogen-bond donors (Lipinski definition) is 2. The van der Waals surface area contributed by atoms with E-state index in [1.54, 1.807) is 0 Å². The molecular weight excluding hydrogens is 204 g/mol. The highest BCUT2D eigenvalue weighted by Crippen LogP contribution is 2.11. The minimum Gasteiger partial charge on any atom is -0.225 e. The molecular formula is C4H10N2O4S2. The predicted octanol–water partition coefficient (Wildman–Crippen LogP) is -1.19. The second-order valence-corrected chi connectivity index (χ2v) is 5.61. The molecule has 0 radical (unpaired) electrons. The first-order chi connectivity index (χ1) is 5.07. The minimum atomic E-state index is -3.96. The molecule has 4 N–H and O–H groups in total. The SMILES string of the molecule is CC(=C(C)S(N)(=O)=O)S(N)(=O)=O. The van der Waals surface area contributed by atoms with Gasteiger partial charge in [0.2, 0.25) is 20.0 Å². The Kier molecular flexibility index (Phi) is 3.02. The Morgan fingerprint density at radius 3 is 1.08 bits per heavy atom. The second kappa shape index (κ2) is 3.13. The molecule has 0 aliphatic carbocycles. The van der Waals surface area contributed by atoms with Gasteiger partial charge in [-0.3, -0.25) is 0 Å². The van der Waals surface area contributed by atoms with Crippen LogP contribution in [0.3, 0.4) is 0 Å². The van der Waals surface area contributed by atoms with Gasteiger partial charge in [0.1, 0.15) is 0 Å². The third kappa shape index (κ3) is 2.89. The zero-order chi connectivity index (χ0) is 10.2. The third-order valence-electron chi connectivity index (χ3n) is 1.35. The van der Waals surface area contributed by atoms with E-state index < -0.39 is 29.9 Å². The molecule has 0 fully saturated rings. The molecule has 12 heavy (non-hydrogen) atoms. The van der Waals surface area contributed by atoms with Crippen molar-refractivity contribution in [3.63, 3.8) is 0 Å². The van der Waals surface area contributed by atoms with Crippen molar-refractivity contribution >= 4 is 20.0 Å². The summed E-state index contributed by atoms with van der Waals surface area (Å²) < 4.78 is 42.5. The van der Waals surface area contributed by atoms with Crippen molar-refractivity contribution < 1.29 is 16.8 Å². The van der Waals surface area contributed by atoms with Crippen molar-refractivity contribution in [3.05, 3.63) is 9.81 Å². The summed E-state index contributed by atoms with van der Waals surface area (Å²) in [6.07, 6.45) is 0. The van der Waals surface area contributed by atoms with E-state index in [2.05, 4.69) is 10.3 Å². The van der Waals surface area contributed by atoms with Crippen LogP contribution in [-0.2, 0) is 20.0 Å². The predicted molar refractivity (Wildman–Crippen MR) is 44.6 cm³/mol. The molecule has 0 rings (SSSR count). The van der Waals surface area contributed by atoms with Crippen molar-refractivity contribution in [2.75, 3.05) is 0 Å². The number of hydrogen-bond acceptors (Lipinski definition) is 4. The summed E-state index contributed by atoms with van der Waals surface area (Å²) >= 11 is 0. The van der Waals surface area contributed by atoms with E-state index in [0.717, 1.165) is 13.8 Å². The highest BCUT2D eigenvalue weighted by molar-refractivity contribution is 7.96.